The molecule has 0 amide bonds. The third-order valence-corrected chi connectivity index (χ3v) is 9.52. The normalized spacial score (nSPS) is 20.1. The highest BCUT2D eigenvalue weighted by Crippen LogP contribution is 2.43. The number of hydrogen-bond donors (Lipinski definition) is 0. The van der Waals surface area contributed by atoms with Crippen molar-refractivity contribution in [1.29, 1.82) is 0 Å². The van der Waals surface area contributed by atoms with E-state index in [1.165, 1.54) is 15.0 Å². The van der Waals surface area contributed by atoms with Gasteiger partial charge in [0.2, 0.25) is 0 Å². The second kappa shape index (κ2) is 19.5. The van der Waals surface area contributed by atoms with Gasteiger partial charge in [0.15, 0.2) is 0 Å². The summed E-state index contributed by atoms with van der Waals surface area (Å²) in [7, 11) is 1.74. The Morgan fingerprint density at radius 2 is 1.51 bits per heavy atom. The zero-order valence-corrected chi connectivity index (χ0v) is 29.1. The minimum absolute atomic E-state index is 0.0939. The summed E-state index contributed by atoms with van der Waals surface area (Å²) >= 11 is 1.83. The maximum absolute atomic E-state index is 6.96. The van der Waals surface area contributed by atoms with Gasteiger partial charge in [-0.2, -0.15) is 0 Å². The van der Waals surface area contributed by atoms with E-state index in [9.17, 15) is 0 Å². The van der Waals surface area contributed by atoms with Crippen molar-refractivity contribution < 1.29 is 28.4 Å². The van der Waals surface area contributed by atoms with Gasteiger partial charge in [0, 0.05) is 53.9 Å². The van der Waals surface area contributed by atoms with Crippen LogP contribution < -0.4 is 9.47 Å². The van der Waals surface area contributed by atoms with Crippen LogP contribution in [-0.2, 0) is 25.4 Å². The molecule has 0 saturated carbocycles. The second-order valence-corrected chi connectivity index (χ2v) is 13.3. The lowest BCUT2D eigenvalue weighted by atomic mass is 9.90. The molecule has 0 unspecified atom stereocenters. The Hall–Kier alpha value is -2.16. The van der Waals surface area contributed by atoms with E-state index in [0.29, 0.717) is 26.4 Å². The van der Waals surface area contributed by atoms with E-state index in [1.54, 1.807) is 7.11 Å². The van der Waals surface area contributed by atoms with Crippen molar-refractivity contribution >= 4 is 21.4 Å². The van der Waals surface area contributed by atoms with Crippen LogP contribution in [-0.4, -0.2) is 58.5 Å². The van der Waals surface area contributed by atoms with Crippen molar-refractivity contribution in [2.24, 2.45) is 0 Å². The van der Waals surface area contributed by atoms with Crippen LogP contribution in [0.3, 0.4) is 0 Å². The molecule has 4 atom stereocenters. The molecule has 250 valence electrons. The van der Waals surface area contributed by atoms with Gasteiger partial charge in [0.05, 0.1) is 32.5 Å². The molecule has 0 radical (unpaired) electrons. The molecule has 1 aromatic heterocycles. The monoisotopic (exact) mass is 640 g/mol. The molecule has 6 nitrogen and oxygen atoms in total. The van der Waals surface area contributed by atoms with Crippen molar-refractivity contribution in [1.82, 2.24) is 0 Å². The lowest BCUT2D eigenvalue weighted by Gasteiger charge is -2.42. The van der Waals surface area contributed by atoms with Crippen molar-refractivity contribution in [3.05, 3.63) is 58.5 Å². The summed E-state index contributed by atoms with van der Waals surface area (Å²) in [4.78, 5) is 1.29. The number of ether oxygens (including phenoxy) is 6. The Kier molecular flexibility index (Phi) is 15.5. The highest BCUT2D eigenvalue weighted by Gasteiger charge is 2.42. The van der Waals surface area contributed by atoms with E-state index >= 15 is 0 Å². The fraction of sp³-hybridized carbons (Fsp3) is 0.632. The SMILES string of the molecule is CCCCOC[C@@H]1C[C@H](OCCCC)[C@@H](OCCCC)[C@H](c2cc(Cc3cc4ccccc4s3)c(OC)cc2OCCCC)O1. The van der Waals surface area contributed by atoms with Crippen LogP contribution in [0, 0.1) is 0 Å². The summed E-state index contributed by atoms with van der Waals surface area (Å²) in [6.07, 6.45) is 9.08. The average Bonchev–Trinajstić information content (AvgIpc) is 3.47. The first kappa shape index (κ1) is 35.7. The number of hydrogen-bond acceptors (Lipinski definition) is 7. The summed E-state index contributed by atoms with van der Waals surface area (Å²) in [6, 6.07) is 15.2. The fourth-order valence-corrected chi connectivity index (χ4v) is 6.87. The van der Waals surface area contributed by atoms with Gasteiger partial charge >= 0.3 is 0 Å². The van der Waals surface area contributed by atoms with Crippen LogP contribution in [0.1, 0.15) is 108 Å². The summed E-state index contributed by atoms with van der Waals surface area (Å²) in [5, 5.41) is 1.27. The quantitative estimate of drug-likeness (QED) is 0.108. The van der Waals surface area contributed by atoms with Gasteiger partial charge in [0.1, 0.15) is 23.7 Å². The van der Waals surface area contributed by atoms with E-state index < -0.39 is 0 Å². The third-order valence-electron chi connectivity index (χ3n) is 8.40. The number of thiophene rings is 1. The van der Waals surface area contributed by atoms with Crippen LogP contribution >= 0.6 is 11.3 Å². The van der Waals surface area contributed by atoms with E-state index in [0.717, 1.165) is 93.4 Å². The van der Waals surface area contributed by atoms with Crippen LogP contribution in [0.5, 0.6) is 11.5 Å². The molecule has 2 heterocycles. The first-order valence-electron chi connectivity index (χ1n) is 17.4. The summed E-state index contributed by atoms with van der Waals surface area (Å²) in [6.45, 7) is 12.1. The molecule has 0 bridgehead atoms. The highest BCUT2D eigenvalue weighted by molar-refractivity contribution is 7.19. The Labute approximate surface area is 275 Å². The van der Waals surface area contributed by atoms with E-state index in [4.69, 9.17) is 28.4 Å². The zero-order valence-electron chi connectivity index (χ0n) is 28.3. The van der Waals surface area contributed by atoms with Crippen LogP contribution in [0.25, 0.3) is 10.1 Å². The smallest absolute Gasteiger partial charge is 0.128 e. The Balaban J connectivity index is 1.74. The minimum Gasteiger partial charge on any atom is -0.496 e. The van der Waals surface area contributed by atoms with Crippen LogP contribution in [0.15, 0.2) is 42.5 Å². The van der Waals surface area contributed by atoms with Crippen LogP contribution in [0.4, 0.5) is 0 Å². The maximum atomic E-state index is 6.96. The molecule has 7 heteroatoms. The molecule has 4 rings (SSSR count). The summed E-state index contributed by atoms with van der Waals surface area (Å²) in [5.41, 5.74) is 2.12. The number of fused-ring (bicyclic) bond motifs is 1. The predicted molar refractivity (Wildman–Crippen MR) is 185 cm³/mol. The topological polar surface area (TPSA) is 55.4 Å². The van der Waals surface area contributed by atoms with E-state index in [-0.39, 0.29) is 24.4 Å². The van der Waals surface area contributed by atoms with Gasteiger partial charge in [0.25, 0.3) is 0 Å². The summed E-state index contributed by atoms with van der Waals surface area (Å²) in [5.74, 6) is 1.63. The molecule has 0 spiro atoms. The maximum Gasteiger partial charge on any atom is 0.128 e. The highest BCUT2D eigenvalue weighted by atomic mass is 32.1. The number of methoxy groups -OCH3 is 1. The number of benzene rings is 2. The van der Waals surface area contributed by atoms with Gasteiger partial charge in [-0.05, 0) is 54.8 Å². The average molecular weight is 641 g/mol. The molecule has 1 aliphatic rings. The standard InChI is InChI=1S/C38H56O6S/c1-6-10-18-40-27-30-25-35(42-20-12-8-3)38(43-21-13-9-4)37(44-30)32-24-29(33(39-5)26-34(32)41-19-11-7-2)23-31-22-28-16-14-15-17-36(28)45-31/h14-17,22,24,26,30,35,37-38H,6-13,18-21,23,25,27H2,1-5H3/t30-,35-,37-,38+/m0/s1. The Bertz CT molecular complexity index is 1230. The molecule has 0 aliphatic carbocycles. The molecule has 3 aromatic rings. The minimum atomic E-state index is -0.356. The van der Waals surface area contributed by atoms with Gasteiger partial charge in [-0.15, -0.1) is 11.3 Å². The molecular weight excluding hydrogens is 584 g/mol. The first-order chi connectivity index (χ1) is 22.1. The van der Waals surface area contributed by atoms with E-state index in [1.807, 2.05) is 11.3 Å². The molecular formula is C38H56O6S. The zero-order chi connectivity index (χ0) is 31.9. The summed E-state index contributed by atoms with van der Waals surface area (Å²) < 4.78 is 40.1. The predicted octanol–water partition coefficient (Wildman–Crippen LogP) is 9.70. The van der Waals surface area contributed by atoms with E-state index in [2.05, 4.69) is 70.2 Å². The third kappa shape index (κ3) is 10.4. The Morgan fingerprint density at radius 3 is 2.24 bits per heavy atom. The lowest BCUT2D eigenvalue weighted by Crippen LogP contribution is -2.48. The molecule has 1 saturated heterocycles. The molecule has 1 fully saturated rings. The number of unbranched alkanes of at least 4 members (excludes halogenated alkanes) is 4. The lowest BCUT2D eigenvalue weighted by molar-refractivity contribution is -0.213. The van der Waals surface area contributed by atoms with Crippen molar-refractivity contribution in [3.8, 4) is 11.5 Å². The number of rotatable bonds is 21. The fourth-order valence-electron chi connectivity index (χ4n) is 5.79. The molecule has 45 heavy (non-hydrogen) atoms. The van der Waals surface area contributed by atoms with Gasteiger partial charge in [-0.25, -0.2) is 0 Å². The second-order valence-electron chi connectivity index (χ2n) is 12.1. The Morgan fingerprint density at radius 1 is 0.800 bits per heavy atom. The van der Waals surface area contributed by atoms with Gasteiger partial charge < -0.3 is 28.4 Å². The first-order valence-corrected chi connectivity index (χ1v) is 18.2. The van der Waals surface area contributed by atoms with Gasteiger partial charge in [-0.1, -0.05) is 71.6 Å². The van der Waals surface area contributed by atoms with Crippen LogP contribution in [0.2, 0.25) is 0 Å². The largest absolute Gasteiger partial charge is 0.496 e. The van der Waals surface area contributed by atoms with Gasteiger partial charge in [-0.3, -0.25) is 0 Å². The van der Waals surface area contributed by atoms with Crippen molar-refractivity contribution in [3.63, 3.8) is 0 Å². The molecule has 0 N–H and O–H groups in total. The molecule has 2 aromatic carbocycles. The molecule has 1 aliphatic heterocycles. The van der Waals surface area contributed by atoms with Crippen molar-refractivity contribution in [2.75, 3.05) is 40.1 Å². The van der Waals surface area contributed by atoms with Crippen molar-refractivity contribution in [2.45, 2.75) is 116 Å².